The lowest BCUT2D eigenvalue weighted by molar-refractivity contribution is -0.139. The summed E-state index contributed by atoms with van der Waals surface area (Å²) in [5.41, 5.74) is 1.85. The van der Waals surface area contributed by atoms with Crippen LogP contribution in [0.25, 0.3) is 10.6 Å². The summed E-state index contributed by atoms with van der Waals surface area (Å²) in [6.07, 6.45) is -4.36. The van der Waals surface area contributed by atoms with Crippen molar-refractivity contribution in [3.63, 3.8) is 0 Å². The number of carboxylic acid groups (broad SMARTS) is 1. The van der Waals surface area contributed by atoms with Crippen LogP contribution >= 0.6 is 23.1 Å². The Morgan fingerprint density at radius 3 is 2.38 bits per heavy atom. The predicted octanol–water partition coefficient (Wildman–Crippen LogP) is 7.62. The minimum atomic E-state index is -4.36. The second-order valence-electron chi connectivity index (χ2n) is 8.32. The maximum absolute atomic E-state index is 12.9. The van der Waals surface area contributed by atoms with Gasteiger partial charge in [-0.3, -0.25) is 0 Å². The Morgan fingerprint density at radius 2 is 1.82 bits per heavy atom. The van der Waals surface area contributed by atoms with E-state index in [-0.39, 0.29) is 18.4 Å². The van der Waals surface area contributed by atoms with Gasteiger partial charge in [-0.25, -0.2) is 9.78 Å². The second kappa shape index (κ2) is 10.8. The van der Waals surface area contributed by atoms with Gasteiger partial charge in [0.1, 0.15) is 10.8 Å². The van der Waals surface area contributed by atoms with Crippen LogP contribution in [0, 0.1) is 6.92 Å². The second-order valence-corrected chi connectivity index (χ2v) is 10.4. The van der Waals surface area contributed by atoms with Gasteiger partial charge in [0.25, 0.3) is 0 Å². The van der Waals surface area contributed by atoms with Gasteiger partial charge in [0.2, 0.25) is 0 Å². The lowest BCUT2D eigenvalue weighted by Crippen LogP contribution is -2.10. The van der Waals surface area contributed by atoms with Gasteiger partial charge in [-0.1, -0.05) is 32.9 Å². The Labute approximate surface area is 205 Å². The highest BCUT2D eigenvalue weighted by molar-refractivity contribution is 7.99. The predicted molar refractivity (Wildman–Crippen MR) is 130 cm³/mol. The van der Waals surface area contributed by atoms with E-state index in [1.807, 2.05) is 19.1 Å². The molecule has 0 fully saturated rings. The third-order valence-corrected chi connectivity index (χ3v) is 7.74. The first-order valence-corrected chi connectivity index (χ1v) is 12.5. The number of hydrogen-bond donors (Lipinski definition) is 1. The first-order valence-electron chi connectivity index (χ1n) is 10.7. The molecule has 0 aliphatic carbocycles. The maximum atomic E-state index is 12.9. The van der Waals surface area contributed by atoms with Crippen molar-refractivity contribution in [2.24, 2.45) is 0 Å². The van der Waals surface area contributed by atoms with Crippen LogP contribution in [0.15, 0.2) is 47.4 Å². The van der Waals surface area contributed by atoms with E-state index in [1.54, 1.807) is 17.8 Å². The number of hydrogen-bond acceptors (Lipinski definition) is 5. The van der Waals surface area contributed by atoms with Crippen LogP contribution in [0.3, 0.4) is 0 Å². The number of aryl methyl sites for hydroxylation is 1. The molecule has 1 heterocycles. The number of carboxylic acids is 1. The zero-order chi connectivity index (χ0) is 25.0. The number of benzene rings is 2. The standard InChI is InChI=1S/C25H26F3NO3S2/c1-14(2)22-23(34-24(29-22)17-5-7-18(8-6-17)25(26,27)28)16(4)13-33-19-9-10-20(15(3)11-19)32-12-21(30)31/h5-11,14,16H,12-13H2,1-4H3,(H,30,31)/t16-/m1/s1. The van der Waals surface area contributed by atoms with Gasteiger partial charge in [0.15, 0.2) is 6.61 Å². The van der Waals surface area contributed by atoms with Crippen molar-refractivity contribution >= 4 is 29.1 Å². The average Bonchev–Trinajstić information content (AvgIpc) is 3.22. The summed E-state index contributed by atoms with van der Waals surface area (Å²) >= 11 is 3.21. The number of nitrogens with zero attached hydrogens (tertiary/aromatic N) is 1. The van der Waals surface area contributed by atoms with Crippen LogP contribution in [-0.4, -0.2) is 28.4 Å². The molecule has 0 saturated carbocycles. The third-order valence-electron chi connectivity index (χ3n) is 5.13. The fourth-order valence-electron chi connectivity index (χ4n) is 3.35. The van der Waals surface area contributed by atoms with Crippen molar-refractivity contribution in [3.8, 4) is 16.3 Å². The van der Waals surface area contributed by atoms with E-state index in [2.05, 4.69) is 20.8 Å². The van der Waals surface area contributed by atoms with Crippen molar-refractivity contribution in [1.29, 1.82) is 0 Å². The van der Waals surface area contributed by atoms with Crippen LogP contribution in [0.2, 0.25) is 0 Å². The number of aromatic nitrogens is 1. The molecule has 1 aromatic heterocycles. The largest absolute Gasteiger partial charge is 0.482 e. The molecule has 0 unspecified atom stereocenters. The molecule has 0 amide bonds. The number of thioether (sulfide) groups is 1. The van der Waals surface area contributed by atoms with Crippen LogP contribution in [0.4, 0.5) is 13.2 Å². The lowest BCUT2D eigenvalue weighted by atomic mass is 10.0. The summed E-state index contributed by atoms with van der Waals surface area (Å²) in [4.78, 5) is 17.7. The molecule has 9 heteroatoms. The summed E-state index contributed by atoms with van der Waals surface area (Å²) < 4.78 is 44.0. The molecule has 2 aromatic carbocycles. The highest BCUT2D eigenvalue weighted by Gasteiger charge is 2.30. The molecular weight excluding hydrogens is 483 g/mol. The van der Waals surface area contributed by atoms with Crippen LogP contribution in [0.5, 0.6) is 5.75 Å². The number of ether oxygens (including phenoxy) is 1. The molecule has 1 atom stereocenters. The fraction of sp³-hybridized carbons (Fsp3) is 0.360. The minimum absolute atomic E-state index is 0.186. The zero-order valence-electron chi connectivity index (χ0n) is 19.3. The number of alkyl halides is 3. The van der Waals surface area contributed by atoms with Gasteiger partial charge in [-0.2, -0.15) is 13.2 Å². The van der Waals surface area contributed by atoms with E-state index in [1.165, 1.54) is 23.5 Å². The van der Waals surface area contributed by atoms with Crippen molar-refractivity contribution in [2.45, 2.75) is 50.6 Å². The Morgan fingerprint density at radius 1 is 1.15 bits per heavy atom. The molecular formula is C25H26F3NO3S2. The fourth-order valence-corrected chi connectivity index (χ4v) is 5.76. The third kappa shape index (κ3) is 6.54. The molecule has 4 nitrogen and oxygen atoms in total. The van der Waals surface area contributed by atoms with E-state index in [4.69, 9.17) is 14.8 Å². The van der Waals surface area contributed by atoms with Crippen molar-refractivity contribution < 1.29 is 27.8 Å². The Balaban J connectivity index is 1.74. The Bertz CT molecular complexity index is 1140. The van der Waals surface area contributed by atoms with E-state index < -0.39 is 17.7 Å². The topological polar surface area (TPSA) is 59.4 Å². The van der Waals surface area contributed by atoms with Gasteiger partial charge < -0.3 is 9.84 Å². The zero-order valence-corrected chi connectivity index (χ0v) is 20.9. The van der Waals surface area contributed by atoms with Gasteiger partial charge in [0.05, 0.1) is 11.3 Å². The number of thiazole rings is 1. The van der Waals surface area contributed by atoms with Crippen molar-refractivity contribution in [3.05, 3.63) is 64.2 Å². The smallest absolute Gasteiger partial charge is 0.416 e. The molecule has 0 aliphatic rings. The number of halogens is 3. The summed E-state index contributed by atoms with van der Waals surface area (Å²) in [6, 6.07) is 10.8. The van der Waals surface area contributed by atoms with Gasteiger partial charge >= 0.3 is 12.1 Å². The maximum Gasteiger partial charge on any atom is 0.416 e. The monoisotopic (exact) mass is 509 g/mol. The summed E-state index contributed by atoms with van der Waals surface area (Å²) in [5, 5.41) is 9.50. The molecule has 3 aromatic rings. The molecule has 0 saturated heterocycles. The van der Waals surface area contributed by atoms with Crippen LogP contribution < -0.4 is 4.74 Å². The molecule has 0 radical (unpaired) electrons. The normalized spacial score (nSPS) is 12.7. The van der Waals surface area contributed by atoms with Crippen LogP contribution in [0.1, 0.15) is 54.3 Å². The van der Waals surface area contributed by atoms with E-state index in [0.29, 0.717) is 11.3 Å². The lowest BCUT2D eigenvalue weighted by Gasteiger charge is -2.14. The Hall–Kier alpha value is -2.52. The average molecular weight is 510 g/mol. The SMILES string of the molecule is Cc1cc(SC[C@@H](C)c2sc(-c3ccc(C(F)(F)F)cc3)nc2C(C)C)ccc1OCC(=O)O. The van der Waals surface area contributed by atoms with Crippen molar-refractivity contribution in [2.75, 3.05) is 12.4 Å². The first kappa shape index (κ1) is 26.1. The van der Waals surface area contributed by atoms with Gasteiger partial charge in [0, 0.05) is 27.0 Å². The van der Waals surface area contributed by atoms with Gasteiger partial charge in [-0.05, 0) is 48.7 Å². The summed E-state index contributed by atoms with van der Waals surface area (Å²) in [6.45, 7) is 7.75. The first-order chi connectivity index (χ1) is 16.0. The Kier molecular flexibility index (Phi) is 8.30. The van der Waals surface area contributed by atoms with E-state index in [9.17, 15) is 18.0 Å². The molecule has 0 aliphatic heterocycles. The van der Waals surface area contributed by atoms with E-state index >= 15 is 0 Å². The molecule has 34 heavy (non-hydrogen) atoms. The molecule has 3 rings (SSSR count). The molecule has 182 valence electrons. The summed E-state index contributed by atoms with van der Waals surface area (Å²) in [7, 11) is 0. The minimum Gasteiger partial charge on any atom is -0.482 e. The molecule has 1 N–H and O–H groups in total. The highest BCUT2D eigenvalue weighted by Crippen LogP contribution is 2.39. The highest BCUT2D eigenvalue weighted by atomic mass is 32.2. The summed E-state index contributed by atoms with van der Waals surface area (Å²) in [5.74, 6) is 0.697. The molecule has 0 bridgehead atoms. The van der Waals surface area contributed by atoms with E-state index in [0.717, 1.165) is 43.9 Å². The number of carbonyl (C=O) groups is 1. The van der Waals surface area contributed by atoms with Crippen molar-refractivity contribution in [1.82, 2.24) is 4.98 Å². The number of rotatable bonds is 9. The number of aliphatic carboxylic acids is 1. The quantitative estimate of drug-likeness (QED) is 0.301. The van der Waals surface area contributed by atoms with Gasteiger partial charge in [-0.15, -0.1) is 23.1 Å². The van der Waals surface area contributed by atoms with Crippen LogP contribution in [-0.2, 0) is 11.0 Å². The molecule has 0 spiro atoms.